The second kappa shape index (κ2) is 7.22. The van der Waals surface area contributed by atoms with E-state index in [2.05, 4.69) is 4.74 Å². The molecule has 7 heteroatoms. The molecule has 0 unspecified atom stereocenters. The van der Waals surface area contributed by atoms with E-state index in [1.807, 2.05) is 0 Å². The van der Waals surface area contributed by atoms with Gasteiger partial charge in [0.25, 0.3) is 5.69 Å². The van der Waals surface area contributed by atoms with Crippen molar-refractivity contribution in [3.05, 3.63) is 39.4 Å². The second-order valence-corrected chi connectivity index (χ2v) is 3.86. The average Bonchev–Trinajstić information content (AvgIpc) is 2.44. The van der Waals surface area contributed by atoms with E-state index in [-0.39, 0.29) is 36.3 Å². The summed E-state index contributed by atoms with van der Waals surface area (Å²) in [7, 11) is 1.23. The van der Waals surface area contributed by atoms with Crippen LogP contribution in [0, 0.1) is 10.1 Å². The highest BCUT2D eigenvalue weighted by atomic mass is 16.6. The summed E-state index contributed by atoms with van der Waals surface area (Å²) in [5.74, 6) is -1.14. The lowest BCUT2D eigenvalue weighted by atomic mass is 10.0. The standard InChI is InChI=1S/C13H15NO6/c1-3-20-13(16)10-5-4-6-11(14(17)18)9(10)7-8-12(15)19-2/h4-6H,3,7-8H2,1-2H3. The lowest BCUT2D eigenvalue weighted by Gasteiger charge is -2.09. The summed E-state index contributed by atoms with van der Waals surface area (Å²) < 4.78 is 9.35. The molecule has 0 N–H and O–H groups in total. The van der Waals surface area contributed by atoms with Gasteiger partial charge in [-0.3, -0.25) is 14.9 Å². The normalized spacial score (nSPS) is 9.90. The fourth-order valence-electron chi connectivity index (χ4n) is 1.74. The molecule has 0 saturated heterocycles. The molecule has 7 nitrogen and oxygen atoms in total. The topological polar surface area (TPSA) is 95.7 Å². The third-order valence-electron chi connectivity index (χ3n) is 2.65. The smallest absolute Gasteiger partial charge is 0.338 e. The summed E-state index contributed by atoms with van der Waals surface area (Å²) in [4.78, 5) is 33.4. The van der Waals surface area contributed by atoms with E-state index in [1.54, 1.807) is 6.92 Å². The first-order chi connectivity index (χ1) is 9.51. The summed E-state index contributed by atoms with van der Waals surface area (Å²) in [5, 5.41) is 11.0. The van der Waals surface area contributed by atoms with Crippen molar-refractivity contribution >= 4 is 17.6 Å². The number of nitro groups is 1. The number of ether oxygens (including phenoxy) is 2. The lowest BCUT2D eigenvalue weighted by molar-refractivity contribution is -0.385. The first kappa shape index (κ1) is 15.6. The molecule has 1 aromatic carbocycles. The van der Waals surface area contributed by atoms with E-state index in [4.69, 9.17) is 4.74 Å². The number of methoxy groups -OCH3 is 1. The zero-order valence-electron chi connectivity index (χ0n) is 11.3. The van der Waals surface area contributed by atoms with Crippen molar-refractivity contribution in [1.29, 1.82) is 0 Å². The molecule has 0 saturated carbocycles. The van der Waals surface area contributed by atoms with Crippen LogP contribution < -0.4 is 0 Å². The highest BCUT2D eigenvalue weighted by molar-refractivity contribution is 5.92. The second-order valence-electron chi connectivity index (χ2n) is 3.86. The van der Waals surface area contributed by atoms with Crippen molar-refractivity contribution in [1.82, 2.24) is 0 Å². The van der Waals surface area contributed by atoms with E-state index >= 15 is 0 Å². The van der Waals surface area contributed by atoms with Gasteiger partial charge in [0.2, 0.25) is 0 Å². The van der Waals surface area contributed by atoms with Gasteiger partial charge >= 0.3 is 11.9 Å². The molecule has 0 spiro atoms. The molecule has 20 heavy (non-hydrogen) atoms. The van der Waals surface area contributed by atoms with Crippen molar-refractivity contribution < 1.29 is 24.0 Å². The van der Waals surface area contributed by atoms with Crippen LogP contribution in [0.15, 0.2) is 18.2 Å². The Morgan fingerprint density at radius 3 is 2.60 bits per heavy atom. The summed E-state index contributed by atoms with van der Waals surface area (Å²) in [6.45, 7) is 1.81. The molecule has 0 amide bonds. The lowest BCUT2D eigenvalue weighted by Crippen LogP contribution is -2.12. The van der Waals surface area contributed by atoms with Crippen molar-refractivity contribution in [2.45, 2.75) is 19.8 Å². The van der Waals surface area contributed by atoms with Gasteiger partial charge in [-0.05, 0) is 19.4 Å². The highest BCUT2D eigenvalue weighted by Crippen LogP contribution is 2.24. The number of hydrogen-bond donors (Lipinski definition) is 0. The van der Waals surface area contributed by atoms with Gasteiger partial charge < -0.3 is 9.47 Å². The van der Waals surface area contributed by atoms with Gasteiger partial charge in [0.15, 0.2) is 0 Å². The summed E-state index contributed by atoms with van der Waals surface area (Å²) in [5.41, 5.74) is 0.0748. The summed E-state index contributed by atoms with van der Waals surface area (Å²) in [6, 6.07) is 4.14. The number of carbonyl (C=O) groups excluding carboxylic acids is 2. The molecule has 0 aliphatic rings. The SMILES string of the molecule is CCOC(=O)c1cccc([N+](=O)[O-])c1CCC(=O)OC. The third-order valence-corrected chi connectivity index (χ3v) is 2.65. The van der Waals surface area contributed by atoms with E-state index in [9.17, 15) is 19.7 Å². The van der Waals surface area contributed by atoms with Crippen LogP contribution >= 0.6 is 0 Å². The van der Waals surface area contributed by atoms with Crippen LogP contribution in [-0.4, -0.2) is 30.6 Å². The van der Waals surface area contributed by atoms with Crippen molar-refractivity contribution in [2.24, 2.45) is 0 Å². The van der Waals surface area contributed by atoms with Gasteiger partial charge in [-0.15, -0.1) is 0 Å². The van der Waals surface area contributed by atoms with E-state index < -0.39 is 16.9 Å². The minimum absolute atomic E-state index is 0.0397. The van der Waals surface area contributed by atoms with Crippen LogP contribution in [0.4, 0.5) is 5.69 Å². The summed E-state index contributed by atoms with van der Waals surface area (Å²) >= 11 is 0. The Bertz CT molecular complexity index is 526. The Morgan fingerprint density at radius 1 is 1.35 bits per heavy atom. The maximum atomic E-state index is 11.8. The number of carbonyl (C=O) groups is 2. The Kier molecular flexibility index (Phi) is 5.64. The fourth-order valence-corrected chi connectivity index (χ4v) is 1.74. The van der Waals surface area contributed by atoms with Gasteiger partial charge in [0.05, 0.1) is 24.2 Å². The molecule has 0 fully saturated rings. The minimum Gasteiger partial charge on any atom is -0.469 e. The van der Waals surface area contributed by atoms with Crippen LogP contribution in [0.1, 0.15) is 29.3 Å². The monoisotopic (exact) mass is 281 g/mol. The number of rotatable bonds is 6. The van der Waals surface area contributed by atoms with Gasteiger partial charge in [0, 0.05) is 18.1 Å². The van der Waals surface area contributed by atoms with Crippen LogP contribution in [0.2, 0.25) is 0 Å². The zero-order valence-corrected chi connectivity index (χ0v) is 11.3. The van der Waals surface area contributed by atoms with Gasteiger partial charge in [-0.2, -0.15) is 0 Å². The molecule has 1 aromatic rings. The van der Waals surface area contributed by atoms with E-state index in [1.165, 1.54) is 25.3 Å². The largest absolute Gasteiger partial charge is 0.469 e. The zero-order chi connectivity index (χ0) is 15.1. The first-order valence-corrected chi connectivity index (χ1v) is 6.01. The molecule has 0 atom stereocenters. The predicted molar refractivity (Wildman–Crippen MR) is 69.4 cm³/mol. The molecule has 0 heterocycles. The Balaban J connectivity index is 3.16. The Labute approximate surface area is 115 Å². The molecular formula is C13H15NO6. The molecule has 0 bridgehead atoms. The van der Waals surface area contributed by atoms with Crippen LogP contribution in [0.25, 0.3) is 0 Å². The molecule has 0 aliphatic heterocycles. The van der Waals surface area contributed by atoms with Crippen LogP contribution in [0.3, 0.4) is 0 Å². The average molecular weight is 281 g/mol. The molecule has 108 valence electrons. The maximum Gasteiger partial charge on any atom is 0.338 e. The number of esters is 2. The summed E-state index contributed by atoms with van der Waals surface area (Å²) in [6.07, 6.45) is -0.00820. The molecule has 0 aliphatic carbocycles. The molecule has 0 radical (unpaired) electrons. The van der Waals surface area contributed by atoms with Crippen LogP contribution in [0.5, 0.6) is 0 Å². The van der Waals surface area contributed by atoms with E-state index in [0.717, 1.165) is 0 Å². The van der Waals surface area contributed by atoms with Gasteiger partial charge in [-0.25, -0.2) is 4.79 Å². The van der Waals surface area contributed by atoms with E-state index in [0.29, 0.717) is 0 Å². The minimum atomic E-state index is -0.643. The quantitative estimate of drug-likeness (QED) is 0.448. The number of hydrogen-bond acceptors (Lipinski definition) is 6. The van der Waals surface area contributed by atoms with Crippen molar-refractivity contribution in [2.75, 3.05) is 13.7 Å². The van der Waals surface area contributed by atoms with Crippen molar-refractivity contribution in [3.8, 4) is 0 Å². The van der Waals surface area contributed by atoms with Crippen molar-refractivity contribution in [3.63, 3.8) is 0 Å². The fraction of sp³-hybridized carbons (Fsp3) is 0.385. The Hall–Kier alpha value is -2.44. The highest BCUT2D eigenvalue weighted by Gasteiger charge is 2.22. The Morgan fingerprint density at radius 2 is 2.05 bits per heavy atom. The molecule has 0 aromatic heterocycles. The maximum absolute atomic E-state index is 11.8. The third kappa shape index (κ3) is 3.78. The number of nitrogens with zero attached hydrogens (tertiary/aromatic N) is 1. The number of benzene rings is 1. The predicted octanol–water partition coefficient (Wildman–Crippen LogP) is 1.88. The van der Waals surface area contributed by atoms with Crippen LogP contribution in [-0.2, 0) is 20.7 Å². The first-order valence-electron chi connectivity index (χ1n) is 6.01. The number of nitro benzene ring substituents is 1. The molecular weight excluding hydrogens is 266 g/mol. The molecule has 1 rings (SSSR count). The van der Waals surface area contributed by atoms with Gasteiger partial charge in [-0.1, -0.05) is 6.07 Å². The van der Waals surface area contributed by atoms with Gasteiger partial charge in [0.1, 0.15) is 0 Å².